The Morgan fingerprint density at radius 2 is 1.95 bits per heavy atom. The molecule has 0 aliphatic heterocycles. The third kappa shape index (κ3) is 2.75. The fourth-order valence-electron chi connectivity index (χ4n) is 1.91. The van der Waals surface area contributed by atoms with E-state index in [2.05, 4.69) is 15.2 Å². The van der Waals surface area contributed by atoms with Gasteiger partial charge in [-0.15, -0.1) is 10.2 Å². The Balaban J connectivity index is 2.09. The number of nitrogens with zero attached hydrogens (tertiary/aromatic N) is 4. The van der Waals surface area contributed by atoms with Crippen LogP contribution in [0.3, 0.4) is 0 Å². The summed E-state index contributed by atoms with van der Waals surface area (Å²) in [5.41, 5.74) is 1.68. The molecule has 0 saturated carbocycles. The molecule has 0 spiro atoms. The van der Waals surface area contributed by atoms with Crippen molar-refractivity contribution in [2.45, 2.75) is 6.92 Å². The largest absolute Gasteiger partial charge is 0.280 e. The molecule has 106 valence electrons. The summed E-state index contributed by atoms with van der Waals surface area (Å²) < 4.78 is 14.9. The summed E-state index contributed by atoms with van der Waals surface area (Å²) in [6.07, 6.45) is 1.31. The van der Waals surface area contributed by atoms with Crippen molar-refractivity contribution < 1.29 is 4.39 Å². The molecule has 0 bridgehead atoms. The van der Waals surface area contributed by atoms with E-state index < -0.39 is 0 Å². The number of imidazole rings is 1. The molecule has 1 aromatic carbocycles. The number of hydrogen-bond acceptors (Lipinski definition) is 3. The van der Waals surface area contributed by atoms with Crippen molar-refractivity contribution in [1.82, 2.24) is 9.38 Å². The SMILES string of the molecule is Cc1nc2ccc(F)cn2c1N=Nc1cc(Cl)ccc1Cl. The highest BCUT2D eigenvalue weighted by molar-refractivity contribution is 6.35. The molecule has 3 aromatic rings. The Morgan fingerprint density at radius 3 is 2.76 bits per heavy atom. The van der Waals surface area contributed by atoms with Gasteiger partial charge in [0, 0.05) is 11.2 Å². The molecule has 0 aliphatic rings. The van der Waals surface area contributed by atoms with Crippen LogP contribution in [0.25, 0.3) is 5.65 Å². The lowest BCUT2D eigenvalue weighted by Crippen LogP contribution is -1.85. The normalized spacial score (nSPS) is 11.6. The first kappa shape index (κ1) is 14.0. The molecule has 0 unspecified atom stereocenters. The van der Waals surface area contributed by atoms with Crippen LogP contribution in [0.5, 0.6) is 0 Å². The average Bonchev–Trinajstić information content (AvgIpc) is 2.75. The minimum absolute atomic E-state index is 0.378. The molecule has 0 saturated heterocycles. The highest BCUT2D eigenvalue weighted by Crippen LogP contribution is 2.30. The maximum atomic E-state index is 13.3. The summed E-state index contributed by atoms with van der Waals surface area (Å²) in [4.78, 5) is 4.29. The van der Waals surface area contributed by atoms with Crippen molar-refractivity contribution >= 4 is 40.4 Å². The van der Waals surface area contributed by atoms with Crippen LogP contribution in [0.4, 0.5) is 15.9 Å². The summed E-state index contributed by atoms with van der Waals surface area (Å²) in [5.74, 6) is 0.0673. The maximum absolute atomic E-state index is 13.3. The van der Waals surface area contributed by atoms with Crippen molar-refractivity contribution in [2.75, 3.05) is 0 Å². The number of fused-ring (bicyclic) bond motifs is 1. The van der Waals surface area contributed by atoms with Crippen molar-refractivity contribution in [3.63, 3.8) is 0 Å². The van der Waals surface area contributed by atoms with E-state index in [0.29, 0.717) is 32.9 Å². The van der Waals surface area contributed by atoms with Gasteiger partial charge in [-0.3, -0.25) is 4.40 Å². The van der Waals surface area contributed by atoms with E-state index in [4.69, 9.17) is 23.2 Å². The fourth-order valence-corrected chi connectivity index (χ4v) is 2.23. The van der Waals surface area contributed by atoms with Gasteiger partial charge in [0.05, 0.1) is 10.7 Å². The number of benzene rings is 1. The highest BCUT2D eigenvalue weighted by atomic mass is 35.5. The van der Waals surface area contributed by atoms with Crippen molar-refractivity contribution in [3.8, 4) is 0 Å². The van der Waals surface area contributed by atoms with E-state index >= 15 is 0 Å². The molecular formula is C14H9Cl2FN4. The Hall–Kier alpha value is -1.98. The molecule has 0 radical (unpaired) electrons. The number of aryl methyl sites for hydroxylation is 1. The zero-order valence-corrected chi connectivity index (χ0v) is 12.4. The highest BCUT2D eigenvalue weighted by Gasteiger charge is 2.09. The van der Waals surface area contributed by atoms with Gasteiger partial charge in [0.1, 0.15) is 17.2 Å². The molecule has 0 atom stereocenters. The van der Waals surface area contributed by atoms with Crippen LogP contribution in [0.15, 0.2) is 46.8 Å². The van der Waals surface area contributed by atoms with Crippen LogP contribution in [0, 0.1) is 12.7 Å². The lowest BCUT2D eigenvalue weighted by molar-refractivity contribution is 0.619. The predicted molar refractivity (Wildman–Crippen MR) is 80.5 cm³/mol. The third-order valence-electron chi connectivity index (χ3n) is 2.89. The molecule has 4 nitrogen and oxygen atoms in total. The smallest absolute Gasteiger partial charge is 0.182 e. The maximum Gasteiger partial charge on any atom is 0.182 e. The molecule has 2 aromatic heterocycles. The third-order valence-corrected chi connectivity index (χ3v) is 3.44. The van der Waals surface area contributed by atoms with E-state index in [9.17, 15) is 4.39 Å². The quantitative estimate of drug-likeness (QED) is 0.574. The fraction of sp³-hybridized carbons (Fsp3) is 0.0714. The Bertz CT molecular complexity index is 858. The predicted octanol–water partition coefficient (Wildman–Crippen LogP) is 5.50. The summed E-state index contributed by atoms with van der Waals surface area (Å²) in [6, 6.07) is 7.83. The molecule has 0 N–H and O–H groups in total. The molecule has 3 rings (SSSR count). The van der Waals surface area contributed by atoms with E-state index in [1.807, 2.05) is 0 Å². The van der Waals surface area contributed by atoms with Crippen LogP contribution in [-0.4, -0.2) is 9.38 Å². The summed E-state index contributed by atoms with van der Waals surface area (Å²) in [5, 5.41) is 9.14. The van der Waals surface area contributed by atoms with E-state index in [-0.39, 0.29) is 5.82 Å². The molecule has 0 aliphatic carbocycles. The zero-order chi connectivity index (χ0) is 15.0. The minimum atomic E-state index is -0.378. The topological polar surface area (TPSA) is 42.0 Å². The molecule has 0 amide bonds. The van der Waals surface area contributed by atoms with E-state index in [0.717, 1.165) is 0 Å². The van der Waals surface area contributed by atoms with E-state index in [1.54, 1.807) is 31.2 Å². The molecular weight excluding hydrogens is 314 g/mol. The van der Waals surface area contributed by atoms with Crippen LogP contribution in [0.1, 0.15) is 5.69 Å². The second kappa shape index (κ2) is 5.42. The van der Waals surface area contributed by atoms with Crippen molar-refractivity contribution in [1.29, 1.82) is 0 Å². The lowest BCUT2D eigenvalue weighted by atomic mass is 10.3. The molecule has 0 fully saturated rings. The molecule has 2 heterocycles. The van der Waals surface area contributed by atoms with Crippen molar-refractivity contribution in [3.05, 3.63) is 58.1 Å². The van der Waals surface area contributed by atoms with Gasteiger partial charge < -0.3 is 0 Å². The Labute approximate surface area is 129 Å². The average molecular weight is 323 g/mol. The number of aromatic nitrogens is 2. The van der Waals surface area contributed by atoms with Crippen LogP contribution >= 0.6 is 23.2 Å². The summed E-state index contributed by atoms with van der Waals surface area (Å²) >= 11 is 11.9. The summed E-state index contributed by atoms with van der Waals surface area (Å²) in [6.45, 7) is 1.78. The Morgan fingerprint density at radius 1 is 1.14 bits per heavy atom. The van der Waals surface area contributed by atoms with Gasteiger partial charge in [0.15, 0.2) is 5.82 Å². The van der Waals surface area contributed by atoms with Gasteiger partial charge >= 0.3 is 0 Å². The first-order chi connectivity index (χ1) is 10.0. The zero-order valence-electron chi connectivity index (χ0n) is 10.9. The monoisotopic (exact) mass is 322 g/mol. The molecule has 21 heavy (non-hydrogen) atoms. The van der Waals surface area contributed by atoms with Crippen molar-refractivity contribution in [2.24, 2.45) is 10.2 Å². The van der Waals surface area contributed by atoms with Gasteiger partial charge in [0.2, 0.25) is 0 Å². The number of azo groups is 1. The van der Waals surface area contributed by atoms with Gasteiger partial charge in [0.25, 0.3) is 0 Å². The standard InChI is InChI=1S/C14H9Cl2FN4/c1-8-14(21-7-10(17)3-5-13(21)18-8)20-19-12-6-9(15)2-4-11(12)16/h2-7H,1H3. The minimum Gasteiger partial charge on any atom is -0.280 e. The number of pyridine rings is 1. The second-order valence-corrected chi connectivity index (χ2v) is 5.24. The van der Waals surface area contributed by atoms with Gasteiger partial charge in [-0.2, -0.15) is 0 Å². The second-order valence-electron chi connectivity index (χ2n) is 4.39. The van der Waals surface area contributed by atoms with Gasteiger partial charge in [-0.25, -0.2) is 9.37 Å². The lowest BCUT2D eigenvalue weighted by Gasteiger charge is -1.99. The van der Waals surface area contributed by atoms with E-state index in [1.165, 1.54) is 16.7 Å². The van der Waals surface area contributed by atoms with Crippen LogP contribution < -0.4 is 0 Å². The van der Waals surface area contributed by atoms with Crippen LogP contribution in [0.2, 0.25) is 10.0 Å². The number of hydrogen-bond donors (Lipinski definition) is 0. The number of rotatable bonds is 2. The number of halogens is 3. The Kier molecular flexibility index (Phi) is 3.61. The summed E-state index contributed by atoms with van der Waals surface area (Å²) in [7, 11) is 0. The first-order valence-electron chi connectivity index (χ1n) is 6.05. The molecule has 7 heteroatoms. The van der Waals surface area contributed by atoms with Gasteiger partial charge in [-0.1, -0.05) is 23.2 Å². The van der Waals surface area contributed by atoms with Gasteiger partial charge in [-0.05, 0) is 37.3 Å². The first-order valence-corrected chi connectivity index (χ1v) is 6.81. The van der Waals surface area contributed by atoms with Crippen LogP contribution in [-0.2, 0) is 0 Å².